The van der Waals surface area contributed by atoms with Gasteiger partial charge in [0, 0.05) is 23.9 Å². The molecule has 8 nitrogen and oxygen atoms in total. The van der Waals surface area contributed by atoms with Gasteiger partial charge in [-0.05, 0) is 43.5 Å². The maximum absolute atomic E-state index is 14.8. The summed E-state index contributed by atoms with van der Waals surface area (Å²) in [6, 6.07) is 4.96. The zero-order chi connectivity index (χ0) is 29.0. The number of allylic oxidation sites excluding steroid dienone is 1. The smallest absolute Gasteiger partial charge is 0.321 e. The molecule has 2 aromatic rings. The molecule has 0 spiro atoms. The van der Waals surface area contributed by atoms with E-state index in [4.69, 9.17) is 11.6 Å². The van der Waals surface area contributed by atoms with E-state index in [2.05, 4.69) is 4.98 Å². The Morgan fingerprint density at radius 2 is 1.77 bits per heavy atom. The summed E-state index contributed by atoms with van der Waals surface area (Å²) in [5.41, 5.74) is -2.05. The Morgan fingerprint density at radius 1 is 1.07 bits per heavy atom. The Labute approximate surface area is 230 Å². The fourth-order valence-corrected chi connectivity index (χ4v) is 5.23. The van der Waals surface area contributed by atoms with Gasteiger partial charge in [0.2, 0.25) is 5.91 Å². The molecule has 1 saturated heterocycles. The van der Waals surface area contributed by atoms with Gasteiger partial charge in [-0.15, -0.1) is 0 Å². The van der Waals surface area contributed by atoms with Crippen LogP contribution in [0.4, 0.5) is 23.4 Å². The van der Waals surface area contributed by atoms with E-state index in [0.717, 1.165) is 39.1 Å². The quantitative estimate of drug-likeness (QED) is 0.396. The van der Waals surface area contributed by atoms with Gasteiger partial charge in [0.05, 0.1) is 17.1 Å². The molecule has 4 amide bonds. The van der Waals surface area contributed by atoms with E-state index in [1.165, 1.54) is 25.1 Å². The van der Waals surface area contributed by atoms with Gasteiger partial charge in [-0.2, -0.15) is 13.2 Å². The van der Waals surface area contributed by atoms with Crippen molar-refractivity contribution < 1.29 is 36.7 Å². The number of anilines is 1. The van der Waals surface area contributed by atoms with E-state index in [9.17, 15) is 36.7 Å². The molecule has 3 heterocycles. The average Bonchev–Trinajstić information content (AvgIpc) is 3.14. The minimum Gasteiger partial charge on any atom is -0.321 e. The lowest BCUT2D eigenvalue weighted by molar-refractivity contribution is -0.155. The number of hydrogen-bond donors (Lipinski definition) is 0. The van der Waals surface area contributed by atoms with Crippen LogP contribution in [-0.2, 0) is 31.9 Å². The van der Waals surface area contributed by atoms with Gasteiger partial charge in [0.1, 0.15) is 12.1 Å². The number of pyridine rings is 1. The molecule has 1 aromatic carbocycles. The molecule has 1 fully saturated rings. The summed E-state index contributed by atoms with van der Waals surface area (Å²) < 4.78 is 54.0. The molecule has 40 heavy (non-hydrogen) atoms. The van der Waals surface area contributed by atoms with Gasteiger partial charge < -0.3 is 4.90 Å². The first-order valence-corrected chi connectivity index (χ1v) is 12.5. The topological polar surface area (TPSA) is 90.9 Å². The summed E-state index contributed by atoms with van der Waals surface area (Å²) in [7, 11) is 0. The Kier molecular flexibility index (Phi) is 6.77. The molecule has 1 aliphatic carbocycles. The third kappa shape index (κ3) is 4.66. The molecule has 5 rings (SSSR count). The van der Waals surface area contributed by atoms with E-state index in [0.29, 0.717) is 18.4 Å². The van der Waals surface area contributed by atoms with E-state index in [-0.39, 0.29) is 22.7 Å². The molecule has 208 valence electrons. The van der Waals surface area contributed by atoms with Crippen molar-refractivity contribution in [3.05, 3.63) is 81.8 Å². The van der Waals surface area contributed by atoms with Crippen LogP contribution < -0.4 is 4.90 Å². The zero-order valence-corrected chi connectivity index (χ0v) is 21.7. The van der Waals surface area contributed by atoms with Crippen LogP contribution in [0.1, 0.15) is 30.9 Å². The number of nitrogens with zero attached hydrogens (tertiary/aromatic N) is 4. The third-order valence-corrected chi connectivity index (χ3v) is 7.38. The molecule has 1 atom stereocenters. The van der Waals surface area contributed by atoms with Crippen LogP contribution in [0, 0.1) is 5.82 Å². The third-order valence-electron chi connectivity index (χ3n) is 7.18. The minimum atomic E-state index is -4.57. The summed E-state index contributed by atoms with van der Waals surface area (Å²) >= 11 is 5.79. The van der Waals surface area contributed by atoms with Crippen molar-refractivity contribution in [2.75, 3.05) is 18.0 Å². The standard InChI is InChI=1S/C27H21ClF4N4O4/c1-26(14-35-23(38)18-4-2-3-5-19(18)24(35)39)25(40)34(22-20(29)10-17(28)11-33-22)13-21(37)36(26)12-15-6-8-16(9-7-15)27(30,31)32/h2,4,6-11H,3,5,12-14H2,1H3. The number of rotatable bonds is 5. The van der Waals surface area contributed by atoms with Crippen LogP contribution in [0.5, 0.6) is 0 Å². The highest BCUT2D eigenvalue weighted by atomic mass is 35.5. The highest BCUT2D eigenvalue weighted by molar-refractivity contribution is 6.30. The van der Waals surface area contributed by atoms with E-state index < -0.39 is 65.6 Å². The highest BCUT2D eigenvalue weighted by Gasteiger charge is 2.54. The monoisotopic (exact) mass is 576 g/mol. The first kappa shape index (κ1) is 27.5. The van der Waals surface area contributed by atoms with Crippen molar-refractivity contribution in [1.29, 1.82) is 0 Å². The second-order valence-corrected chi connectivity index (χ2v) is 10.3. The minimum absolute atomic E-state index is 0.0401. The molecule has 0 saturated carbocycles. The van der Waals surface area contributed by atoms with Crippen molar-refractivity contribution >= 4 is 41.0 Å². The Hall–Kier alpha value is -4.06. The molecule has 1 unspecified atom stereocenters. The summed E-state index contributed by atoms with van der Waals surface area (Å²) in [4.78, 5) is 60.5. The number of benzene rings is 1. The Balaban J connectivity index is 1.53. The zero-order valence-electron chi connectivity index (χ0n) is 21.0. The number of halogens is 5. The van der Waals surface area contributed by atoms with Crippen molar-refractivity contribution in [3.8, 4) is 0 Å². The van der Waals surface area contributed by atoms with Crippen molar-refractivity contribution in [2.24, 2.45) is 0 Å². The van der Waals surface area contributed by atoms with Gasteiger partial charge >= 0.3 is 6.18 Å². The van der Waals surface area contributed by atoms with Crippen LogP contribution >= 0.6 is 11.6 Å². The fraction of sp³-hybridized carbons (Fsp3) is 0.296. The molecule has 0 radical (unpaired) electrons. The van der Waals surface area contributed by atoms with Crippen molar-refractivity contribution in [3.63, 3.8) is 0 Å². The van der Waals surface area contributed by atoms with Crippen LogP contribution in [0.2, 0.25) is 5.02 Å². The fourth-order valence-electron chi connectivity index (χ4n) is 5.09. The Morgan fingerprint density at radius 3 is 2.40 bits per heavy atom. The van der Waals surface area contributed by atoms with Crippen LogP contribution in [0.25, 0.3) is 0 Å². The largest absolute Gasteiger partial charge is 0.416 e. The molecule has 2 aliphatic heterocycles. The van der Waals surface area contributed by atoms with Gasteiger partial charge in [0.15, 0.2) is 11.6 Å². The van der Waals surface area contributed by atoms with Gasteiger partial charge in [-0.25, -0.2) is 9.37 Å². The number of amides is 4. The van der Waals surface area contributed by atoms with E-state index >= 15 is 0 Å². The number of imide groups is 1. The Bertz CT molecular complexity index is 1500. The number of piperazine rings is 1. The molecular formula is C27H21ClF4N4O4. The van der Waals surface area contributed by atoms with Crippen molar-refractivity contribution in [2.45, 2.75) is 38.0 Å². The lowest BCUT2D eigenvalue weighted by Gasteiger charge is -2.48. The summed E-state index contributed by atoms with van der Waals surface area (Å²) in [5.74, 6) is -4.22. The van der Waals surface area contributed by atoms with E-state index in [1.807, 2.05) is 0 Å². The summed E-state index contributed by atoms with van der Waals surface area (Å²) in [5, 5.41) is -0.0401. The van der Waals surface area contributed by atoms with Crippen LogP contribution in [0.15, 0.2) is 59.8 Å². The number of aromatic nitrogens is 1. The van der Waals surface area contributed by atoms with Gasteiger partial charge in [0.25, 0.3) is 17.7 Å². The maximum Gasteiger partial charge on any atom is 0.416 e. The highest BCUT2D eigenvalue weighted by Crippen LogP contribution is 2.36. The molecule has 0 N–H and O–H groups in total. The lowest BCUT2D eigenvalue weighted by atomic mass is 9.92. The number of alkyl halides is 3. The molecule has 13 heteroatoms. The normalized spacial score (nSPS) is 21.6. The number of hydrogen-bond acceptors (Lipinski definition) is 5. The predicted octanol–water partition coefficient (Wildman–Crippen LogP) is 4.04. The second kappa shape index (κ2) is 9.84. The summed E-state index contributed by atoms with van der Waals surface area (Å²) in [6.45, 7) is -0.194. The number of carbonyl (C=O) groups is 4. The maximum atomic E-state index is 14.8. The second-order valence-electron chi connectivity index (χ2n) is 9.83. The van der Waals surface area contributed by atoms with Crippen molar-refractivity contribution in [1.82, 2.24) is 14.8 Å². The number of carbonyl (C=O) groups excluding carboxylic acids is 4. The van der Waals surface area contributed by atoms with Gasteiger partial charge in [-0.1, -0.05) is 35.9 Å². The molecular weight excluding hydrogens is 556 g/mol. The first-order valence-electron chi connectivity index (χ1n) is 12.2. The SMILES string of the molecule is CC1(CN2C(=O)C3=C(CCC=C3)C2=O)C(=O)N(c2ncc(Cl)cc2F)CC(=O)N1Cc1ccc(C(F)(F)F)cc1. The van der Waals surface area contributed by atoms with E-state index in [1.54, 1.807) is 6.08 Å². The predicted molar refractivity (Wildman–Crippen MR) is 134 cm³/mol. The first-order chi connectivity index (χ1) is 18.8. The lowest BCUT2D eigenvalue weighted by Crippen LogP contribution is -2.70. The molecule has 1 aromatic heterocycles. The van der Waals surface area contributed by atoms with Crippen LogP contribution in [0.3, 0.4) is 0 Å². The average molecular weight is 577 g/mol. The van der Waals surface area contributed by atoms with Crippen LogP contribution in [-0.4, -0.2) is 57.0 Å². The summed E-state index contributed by atoms with van der Waals surface area (Å²) in [6.07, 6.45) is 0.693. The van der Waals surface area contributed by atoms with Gasteiger partial charge in [-0.3, -0.25) is 29.0 Å². The molecule has 0 bridgehead atoms. The molecule has 3 aliphatic rings.